The quantitative estimate of drug-likeness (QED) is 0.467. The number of hydrazone groups is 1. The molecule has 0 bridgehead atoms. The Morgan fingerprint density at radius 1 is 0.840 bits per heavy atom. The van der Waals surface area contributed by atoms with Crippen LogP contribution in [0, 0.1) is 0 Å². The van der Waals surface area contributed by atoms with Crippen LogP contribution in [0.3, 0.4) is 0 Å². The molecule has 126 valence electrons. The van der Waals surface area contributed by atoms with Gasteiger partial charge in [-0.2, -0.15) is 10.2 Å². The standard InChI is InChI=1S/C20H20N4S/c1-25-20(23-21-16-8-14-18-10-4-2-5-11-18)24-22-17-9-15-19-12-6-3-7-13-19/h2-17H,1H3,(H,23,24). The Hall–Kier alpha value is -2.92. The molecule has 2 aromatic rings. The van der Waals surface area contributed by atoms with Crippen molar-refractivity contribution in [3.8, 4) is 0 Å². The van der Waals surface area contributed by atoms with Gasteiger partial charge in [0.15, 0.2) is 0 Å². The number of hydrogen-bond donors (Lipinski definition) is 1. The van der Waals surface area contributed by atoms with Crippen LogP contribution in [0.5, 0.6) is 0 Å². The molecular formula is C20H20N4S. The second kappa shape index (κ2) is 11.6. The van der Waals surface area contributed by atoms with E-state index in [4.69, 9.17) is 0 Å². The zero-order valence-corrected chi connectivity index (χ0v) is 14.8. The van der Waals surface area contributed by atoms with E-state index in [-0.39, 0.29) is 0 Å². The molecule has 0 aromatic heterocycles. The normalized spacial score (nSPS) is 12.8. The summed E-state index contributed by atoms with van der Waals surface area (Å²) in [5, 5.41) is 12.8. The largest absolute Gasteiger partial charge is 0.254 e. The van der Waals surface area contributed by atoms with Crippen molar-refractivity contribution in [2.75, 3.05) is 6.26 Å². The van der Waals surface area contributed by atoms with Gasteiger partial charge in [-0.15, -0.1) is 5.10 Å². The van der Waals surface area contributed by atoms with E-state index in [0.717, 1.165) is 11.1 Å². The first-order valence-electron chi connectivity index (χ1n) is 7.76. The molecule has 0 aliphatic rings. The second-order valence-electron chi connectivity index (χ2n) is 4.80. The minimum Gasteiger partial charge on any atom is -0.254 e. The molecule has 0 radical (unpaired) electrons. The van der Waals surface area contributed by atoms with Gasteiger partial charge < -0.3 is 0 Å². The number of nitrogens with zero attached hydrogens (tertiary/aromatic N) is 3. The van der Waals surface area contributed by atoms with Crippen LogP contribution in [-0.2, 0) is 0 Å². The van der Waals surface area contributed by atoms with Gasteiger partial charge >= 0.3 is 0 Å². The van der Waals surface area contributed by atoms with E-state index >= 15 is 0 Å². The van der Waals surface area contributed by atoms with E-state index in [1.807, 2.05) is 91.2 Å². The first kappa shape index (κ1) is 18.4. The zero-order chi connectivity index (χ0) is 17.6. The number of nitrogens with one attached hydrogen (secondary N) is 1. The third kappa shape index (κ3) is 7.94. The zero-order valence-electron chi connectivity index (χ0n) is 14.0. The van der Waals surface area contributed by atoms with Gasteiger partial charge in [0.1, 0.15) is 0 Å². The monoisotopic (exact) mass is 348 g/mol. The summed E-state index contributed by atoms with van der Waals surface area (Å²) in [6.45, 7) is 0. The fourth-order valence-corrected chi connectivity index (χ4v) is 2.08. The third-order valence-corrected chi connectivity index (χ3v) is 3.55. The Bertz CT molecular complexity index is 763. The van der Waals surface area contributed by atoms with Gasteiger partial charge in [0, 0.05) is 12.4 Å². The first-order chi connectivity index (χ1) is 12.4. The minimum atomic E-state index is 0.619. The highest BCUT2D eigenvalue weighted by atomic mass is 32.2. The van der Waals surface area contributed by atoms with Crippen LogP contribution in [0.15, 0.2) is 88.1 Å². The lowest BCUT2D eigenvalue weighted by Crippen LogP contribution is -2.12. The molecule has 5 heteroatoms. The molecule has 2 rings (SSSR count). The van der Waals surface area contributed by atoms with Gasteiger partial charge in [0.25, 0.3) is 0 Å². The molecule has 0 saturated carbocycles. The summed E-state index contributed by atoms with van der Waals surface area (Å²) in [4.78, 5) is 0. The Labute approximate surface area is 152 Å². The molecule has 0 spiro atoms. The average Bonchev–Trinajstić information content (AvgIpc) is 2.67. The lowest BCUT2D eigenvalue weighted by Gasteiger charge is -1.97. The molecule has 2 aromatic carbocycles. The topological polar surface area (TPSA) is 49.1 Å². The van der Waals surface area contributed by atoms with Gasteiger partial charge in [-0.1, -0.05) is 84.6 Å². The van der Waals surface area contributed by atoms with Crippen LogP contribution in [0.1, 0.15) is 11.1 Å². The van der Waals surface area contributed by atoms with E-state index in [9.17, 15) is 0 Å². The Morgan fingerprint density at radius 3 is 1.96 bits per heavy atom. The fourth-order valence-electron chi connectivity index (χ4n) is 1.81. The van der Waals surface area contributed by atoms with E-state index in [2.05, 4.69) is 20.7 Å². The molecule has 0 saturated heterocycles. The number of allylic oxidation sites excluding steroid dienone is 2. The Balaban J connectivity index is 1.79. The molecule has 0 atom stereocenters. The van der Waals surface area contributed by atoms with Crippen LogP contribution in [0.4, 0.5) is 0 Å². The van der Waals surface area contributed by atoms with Gasteiger partial charge in [-0.05, 0) is 29.5 Å². The first-order valence-corrected chi connectivity index (χ1v) is 8.98. The molecular weight excluding hydrogens is 328 g/mol. The van der Waals surface area contributed by atoms with Crippen molar-refractivity contribution >= 4 is 41.5 Å². The van der Waals surface area contributed by atoms with Crippen molar-refractivity contribution in [1.82, 2.24) is 5.43 Å². The molecule has 0 amide bonds. The van der Waals surface area contributed by atoms with E-state index < -0.39 is 0 Å². The average molecular weight is 348 g/mol. The van der Waals surface area contributed by atoms with Crippen LogP contribution in [-0.4, -0.2) is 23.9 Å². The highest BCUT2D eigenvalue weighted by molar-refractivity contribution is 8.13. The molecule has 0 heterocycles. The van der Waals surface area contributed by atoms with E-state index in [1.165, 1.54) is 11.8 Å². The van der Waals surface area contributed by atoms with Crippen molar-refractivity contribution in [2.45, 2.75) is 0 Å². The van der Waals surface area contributed by atoms with Crippen molar-refractivity contribution in [2.24, 2.45) is 15.3 Å². The van der Waals surface area contributed by atoms with Gasteiger partial charge in [0.05, 0.1) is 0 Å². The summed E-state index contributed by atoms with van der Waals surface area (Å²) < 4.78 is 0. The number of benzene rings is 2. The van der Waals surface area contributed by atoms with Crippen molar-refractivity contribution in [1.29, 1.82) is 0 Å². The third-order valence-electron chi connectivity index (χ3n) is 2.99. The molecule has 0 aliphatic heterocycles. The number of rotatable bonds is 6. The summed E-state index contributed by atoms with van der Waals surface area (Å²) in [5.74, 6) is 0. The van der Waals surface area contributed by atoms with Crippen molar-refractivity contribution in [3.05, 3.63) is 83.9 Å². The van der Waals surface area contributed by atoms with Crippen LogP contribution >= 0.6 is 11.8 Å². The Morgan fingerprint density at radius 2 is 1.40 bits per heavy atom. The molecule has 0 unspecified atom stereocenters. The van der Waals surface area contributed by atoms with Crippen LogP contribution < -0.4 is 5.43 Å². The highest BCUT2D eigenvalue weighted by Crippen LogP contribution is 2.01. The van der Waals surface area contributed by atoms with Gasteiger partial charge in [-0.25, -0.2) is 0 Å². The summed E-state index contributed by atoms with van der Waals surface area (Å²) in [5.41, 5.74) is 5.11. The number of amidine groups is 1. The summed E-state index contributed by atoms with van der Waals surface area (Å²) >= 11 is 1.44. The highest BCUT2D eigenvalue weighted by Gasteiger charge is 1.91. The lowest BCUT2D eigenvalue weighted by molar-refractivity contribution is 1.04. The SMILES string of the molecule is CSC(=NN=CC=Cc1ccccc1)NN=CC=Cc1ccccc1. The van der Waals surface area contributed by atoms with Gasteiger partial charge in [-0.3, -0.25) is 5.43 Å². The minimum absolute atomic E-state index is 0.619. The fraction of sp³-hybridized carbons (Fsp3) is 0.0500. The molecule has 0 fully saturated rings. The number of hydrogen-bond acceptors (Lipinski definition) is 4. The number of thioether (sulfide) groups is 1. The van der Waals surface area contributed by atoms with Gasteiger partial charge in [0.2, 0.25) is 5.17 Å². The molecule has 4 nitrogen and oxygen atoms in total. The van der Waals surface area contributed by atoms with Crippen LogP contribution in [0.2, 0.25) is 0 Å². The van der Waals surface area contributed by atoms with Crippen molar-refractivity contribution < 1.29 is 0 Å². The molecule has 25 heavy (non-hydrogen) atoms. The summed E-state index contributed by atoms with van der Waals surface area (Å²) in [6.07, 6.45) is 12.9. The van der Waals surface area contributed by atoms with E-state index in [1.54, 1.807) is 12.4 Å². The molecule has 1 N–H and O–H groups in total. The predicted molar refractivity (Wildman–Crippen MR) is 112 cm³/mol. The summed E-state index contributed by atoms with van der Waals surface area (Å²) in [7, 11) is 0. The van der Waals surface area contributed by atoms with Crippen LogP contribution in [0.25, 0.3) is 12.2 Å². The second-order valence-corrected chi connectivity index (χ2v) is 5.60. The lowest BCUT2D eigenvalue weighted by atomic mass is 10.2. The summed E-state index contributed by atoms with van der Waals surface area (Å²) in [6, 6.07) is 20.1. The smallest absolute Gasteiger partial charge is 0.203 e. The maximum Gasteiger partial charge on any atom is 0.203 e. The van der Waals surface area contributed by atoms with Crippen molar-refractivity contribution in [3.63, 3.8) is 0 Å². The predicted octanol–water partition coefficient (Wildman–Crippen LogP) is 4.69. The Kier molecular flexibility index (Phi) is 8.54. The maximum atomic E-state index is 4.10. The van der Waals surface area contributed by atoms with E-state index in [0.29, 0.717) is 5.17 Å². The maximum absolute atomic E-state index is 4.10. The molecule has 0 aliphatic carbocycles.